The molecule has 0 amide bonds. The molecule has 3 heteroatoms. The van der Waals surface area contributed by atoms with Crippen molar-refractivity contribution in [3.8, 4) is 0 Å². The monoisotopic (exact) mass is 268 g/mol. The summed E-state index contributed by atoms with van der Waals surface area (Å²) in [7, 11) is 0. The third-order valence-electron chi connectivity index (χ3n) is 4.20. The maximum Gasteiger partial charge on any atom is 0.131 e. The van der Waals surface area contributed by atoms with Gasteiger partial charge in [0.15, 0.2) is 0 Å². The Kier molecular flexibility index (Phi) is 3.53. The minimum absolute atomic E-state index is 0.395. The molecule has 3 rings (SSSR count). The van der Waals surface area contributed by atoms with Crippen molar-refractivity contribution < 1.29 is 5.11 Å². The lowest BCUT2D eigenvalue weighted by atomic mass is 9.83. The van der Waals surface area contributed by atoms with Crippen molar-refractivity contribution in [3.05, 3.63) is 58.7 Å². The highest BCUT2D eigenvalue weighted by Crippen LogP contribution is 2.31. The molecule has 2 aromatic rings. The molecule has 0 spiro atoms. The Labute approximate surface area is 119 Å². The third kappa shape index (κ3) is 2.46. The highest BCUT2D eigenvalue weighted by Gasteiger charge is 2.22. The van der Waals surface area contributed by atoms with E-state index in [9.17, 15) is 5.11 Å². The van der Waals surface area contributed by atoms with E-state index in [2.05, 4.69) is 34.2 Å². The first-order chi connectivity index (χ1) is 9.65. The van der Waals surface area contributed by atoms with Gasteiger partial charge in [0.05, 0.1) is 6.10 Å². The number of aromatic nitrogens is 2. The highest BCUT2D eigenvalue weighted by atomic mass is 16.3. The zero-order valence-electron chi connectivity index (χ0n) is 12.0. The van der Waals surface area contributed by atoms with Crippen molar-refractivity contribution in [2.24, 2.45) is 0 Å². The molecule has 0 aliphatic heterocycles. The van der Waals surface area contributed by atoms with Crippen LogP contribution in [0.1, 0.15) is 53.6 Å². The Bertz CT molecular complexity index is 622. The topological polar surface area (TPSA) is 46.0 Å². The minimum Gasteiger partial charge on any atom is -0.389 e. The lowest BCUT2D eigenvalue weighted by Crippen LogP contribution is -2.16. The SMILES string of the molecule is Cc1nc(C2CCc3ccccc3C2)ncc1C(C)O. The van der Waals surface area contributed by atoms with Crippen molar-refractivity contribution in [1.82, 2.24) is 9.97 Å². The number of hydrogen-bond acceptors (Lipinski definition) is 3. The van der Waals surface area contributed by atoms with E-state index in [1.165, 1.54) is 11.1 Å². The summed E-state index contributed by atoms with van der Waals surface area (Å²) in [4.78, 5) is 9.11. The van der Waals surface area contributed by atoms with E-state index in [-0.39, 0.29) is 0 Å². The van der Waals surface area contributed by atoms with Gasteiger partial charge in [0.2, 0.25) is 0 Å². The molecule has 0 saturated carbocycles. The third-order valence-corrected chi connectivity index (χ3v) is 4.20. The van der Waals surface area contributed by atoms with Gasteiger partial charge < -0.3 is 5.11 Å². The molecule has 1 aliphatic rings. The maximum atomic E-state index is 9.66. The van der Waals surface area contributed by atoms with Crippen LogP contribution < -0.4 is 0 Å². The van der Waals surface area contributed by atoms with Crippen LogP contribution in [0.15, 0.2) is 30.5 Å². The average molecular weight is 268 g/mol. The van der Waals surface area contributed by atoms with Gasteiger partial charge >= 0.3 is 0 Å². The summed E-state index contributed by atoms with van der Waals surface area (Å²) in [6.07, 6.45) is 4.49. The molecular weight excluding hydrogens is 248 g/mol. The van der Waals surface area contributed by atoms with E-state index in [0.717, 1.165) is 36.3 Å². The van der Waals surface area contributed by atoms with Crippen LogP contribution in [0.5, 0.6) is 0 Å². The van der Waals surface area contributed by atoms with Gasteiger partial charge in [-0.05, 0) is 44.2 Å². The van der Waals surface area contributed by atoms with Crippen LogP contribution in [0.2, 0.25) is 0 Å². The van der Waals surface area contributed by atoms with Crippen molar-refractivity contribution in [1.29, 1.82) is 0 Å². The smallest absolute Gasteiger partial charge is 0.131 e. The lowest BCUT2D eigenvalue weighted by Gasteiger charge is -2.24. The van der Waals surface area contributed by atoms with Crippen LogP contribution in [-0.2, 0) is 12.8 Å². The predicted molar refractivity (Wildman–Crippen MR) is 78.6 cm³/mol. The Balaban J connectivity index is 1.86. The van der Waals surface area contributed by atoms with E-state index in [0.29, 0.717) is 5.92 Å². The van der Waals surface area contributed by atoms with Crippen LogP contribution >= 0.6 is 0 Å². The van der Waals surface area contributed by atoms with E-state index in [1.54, 1.807) is 13.1 Å². The molecule has 0 bridgehead atoms. The fraction of sp³-hybridized carbons (Fsp3) is 0.412. The van der Waals surface area contributed by atoms with E-state index < -0.39 is 6.10 Å². The van der Waals surface area contributed by atoms with Gasteiger partial charge in [-0.25, -0.2) is 9.97 Å². The Morgan fingerprint density at radius 1 is 1.25 bits per heavy atom. The van der Waals surface area contributed by atoms with Gasteiger partial charge in [-0.15, -0.1) is 0 Å². The molecule has 0 radical (unpaired) electrons. The summed E-state index contributed by atoms with van der Waals surface area (Å²) in [5.74, 6) is 1.31. The largest absolute Gasteiger partial charge is 0.389 e. The van der Waals surface area contributed by atoms with Crippen LogP contribution in [0.3, 0.4) is 0 Å². The van der Waals surface area contributed by atoms with Crippen molar-refractivity contribution in [2.75, 3.05) is 0 Å². The first kappa shape index (κ1) is 13.3. The second-order valence-electron chi connectivity index (χ2n) is 5.65. The number of aliphatic hydroxyl groups is 1. The van der Waals surface area contributed by atoms with Gasteiger partial charge in [0.25, 0.3) is 0 Å². The quantitative estimate of drug-likeness (QED) is 0.910. The normalized spacial score (nSPS) is 19.4. The van der Waals surface area contributed by atoms with Gasteiger partial charge in [-0.3, -0.25) is 0 Å². The molecule has 2 unspecified atom stereocenters. The molecule has 104 valence electrons. The Morgan fingerprint density at radius 2 is 2.00 bits per heavy atom. The van der Waals surface area contributed by atoms with Crippen molar-refractivity contribution in [3.63, 3.8) is 0 Å². The first-order valence-electron chi connectivity index (χ1n) is 7.23. The van der Waals surface area contributed by atoms with Gasteiger partial charge in [-0.2, -0.15) is 0 Å². The Hall–Kier alpha value is -1.74. The second-order valence-corrected chi connectivity index (χ2v) is 5.65. The molecule has 1 aromatic carbocycles. The zero-order valence-corrected chi connectivity index (χ0v) is 12.0. The van der Waals surface area contributed by atoms with Crippen LogP contribution in [0.25, 0.3) is 0 Å². The molecular formula is C17H20N2O. The number of hydrogen-bond donors (Lipinski definition) is 1. The second kappa shape index (κ2) is 5.33. The van der Waals surface area contributed by atoms with E-state index >= 15 is 0 Å². The van der Waals surface area contributed by atoms with E-state index in [4.69, 9.17) is 0 Å². The minimum atomic E-state index is -0.504. The molecule has 1 N–H and O–H groups in total. The van der Waals surface area contributed by atoms with Gasteiger partial charge in [0, 0.05) is 23.4 Å². The number of aliphatic hydroxyl groups excluding tert-OH is 1. The number of aryl methyl sites for hydroxylation is 2. The lowest BCUT2D eigenvalue weighted by molar-refractivity contribution is 0.197. The standard InChI is InChI=1S/C17H20N2O/c1-11-16(12(2)20)10-18-17(19-11)15-8-7-13-5-3-4-6-14(13)9-15/h3-6,10,12,15,20H,7-9H2,1-2H3. The van der Waals surface area contributed by atoms with Crippen LogP contribution in [0.4, 0.5) is 0 Å². The summed E-state index contributed by atoms with van der Waals surface area (Å²) >= 11 is 0. The summed E-state index contributed by atoms with van der Waals surface area (Å²) in [6, 6.07) is 8.63. The summed E-state index contributed by atoms with van der Waals surface area (Å²) in [6.45, 7) is 3.70. The Morgan fingerprint density at radius 3 is 2.70 bits per heavy atom. The molecule has 1 aromatic heterocycles. The molecule has 20 heavy (non-hydrogen) atoms. The molecule has 2 atom stereocenters. The van der Waals surface area contributed by atoms with E-state index in [1.807, 2.05) is 6.92 Å². The van der Waals surface area contributed by atoms with Crippen LogP contribution in [-0.4, -0.2) is 15.1 Å². The fourth-order valence-corrected chi connectivity index (χ4v) is 3.02. The number of fused-ring (bicyclic) bond motifs is 1. The molecule has 1 heterocycles. The fourth-order valence-electron chi connectivity index (χ4n) is 3.02. The van der Waals surface area contributed by atoms with Gasteiger partial charge in [0.1, 0.15) is 5.82 Å². The summed E-state index contributed by atoms with van der Waals surface area (Å²) in [5.41, 5.74) is 4.60. The molecule has 0 fully saturated rings. The number of benzene rings is 1. The maximum absolute atomic E-state index is 9.66. The zero-order chi connectivity index (χ0) is 14.1. The summed E-state index contributed by atoms with van der Waals surface area (Å²) < 4.78 is 0. The number of nitrogens with zero attached hydrogens (tertiary/aromatic N) is 2. The van der Waals surface area contributed by atoms with Crippen molar-refractivity contribution >= 4 is 0 Å². The van der Waals surface area contributed by atoms with Crippen LogP contribution in [0, 0.1) is 6.92 Å². The average Bonchev–Trinajstić information content (AvgIpc) is 2.46. The molecule has 3 nitrogen and oxygen atoms in total. The first-order valence-corrected chi connectivity index (χ1v) is 7.23. The molecule has 0 saturated heterocycles. The summed E-state index contributed by atoms with van der Waals surface area (Å²) in [5, 5.41) is 9.66. The number of rotatable bonds is 2. The van der Waals surface area contributed by atoms with Gasteiger partial charge in [-0.1, -0.05) is 24.3 Å². The predicted octanol–water partition coefficient (Wildman–Crippen LogP) is 3.11. The highest BCUT2D eigenvalue weighted by molar-refractivity contribution is 5.32. The van der Waals surface area contributed by atoms with Crippen molar-refractivity contribution in [2.45, 2.75) is 45.1 Å². The molecule has 1 aliphatic carbocycles.